The van der Waals surface area contributed by atoms with Crippen molar-refractivity contribution in [1.82, 2.24) is 15.1 Å². The minimum atomic E-state index is -0.264. The van der Waals surface area contributed by atoms with Crippen molar-refractivity contribution in [2.24, 2.45) is 5.92 Å². The normalized spacial score (nSPS) is 18.4. The zero-order valence-electron chi connectivity index (χ0n) is 18.0. The number of nitrogens with zero attached hydrogens (tertiary/aromatic N) is 2. The molecule has 2 aromatic carbocycles. The lowest BCUT2D eigenvalue weighted by atomic mass is 9.95. The average Bonchev–Trinajstić information content (AvgIpc) is 3.29. The van der Waals surface area contributed by atoms with Crippen molar-refractivity contribution in [3.8, 4) is 0 Å². The van der Waals surface area contributed by atoms with Crippen LogP contribution in [0.15, 0.2) is 42.5 Å². The third kappa shape index (κ3) is 5.85. The van der Waals surface area contributed by atoms with Gasteiger partial charge in [-0.1, -0.05) is 41.9 Å². The summed E-state index contributed by atoms with van der Waals surface area (Å²) in [6.45, 7) is 5.90. The molecule has 0 aliphatic carbocycles. The molecular formula is C25H31ClFN3O. The second-order valence-corrected chi connectivity index (χ2v) is 9.13. The van der Waals surface area contributed by atoms with Gasteiger partial charge in [-0.15, -0.1) is 0 Å². The van der Waals surface area contributed by atoms with Crippen LogP contribution in [-0.4, -0.2) is 41.9 Å². The molecule has 6 heteroatoms. The van der Waals surface area contributed by atoms with Crippen molar-refractivity contribution >= 4 is 17.5 Å². The van der Waals surface area contributed by atoms with Crippen molar-refractivity contribution in [2.45, 2.75) is 45.3 Å². The van der Waals surface area contributed by atoms with Crippen molar-refractivity contribution in [3.05, 3.63) is 70.0 Å². The number of halogens is 2. The maximum atomic E-state index is 14.1. The number of benzene rings is 2. The van der Waals surface area contributed by atoms with E-state index in [-0.39, 0.29) is 17.6 Å². The summed E-state index contributed by atoms with van der Waals surface area (Å²) < 4.78 is 14.1. The Morgan fingerprint density at radius 1 is 0.935 bits per heavy atom. The average molecular weight is 444 g/mol. The van der Waals surface area contributed by atoms with Gasteiger partial charge < -0.3 is 5.32 Å². The Labute approximate surface area is 189 Å². The predicted octanol–water partition coefficient (Wildman–Crippen LogP) is 4.60. The Morgan fingerprint density at radius 2 is 1.61 bits per heavy atom. The molecule has 0 saturated carbocycles. The smallest absolute Gasteiger partial charge is 0.223 e. The van der Waals surface area contributed by atoms with Crippen LogP contribution in [0, 0.1) is 11.7 Å². The molecular weight excluding hydrogens is 413 g/mol. The van der Waals surface area contributed by atoms with Gasteiger partial charge in [0.2, 0.25) is 5.91 Å². The molecule has 2 fully saturated rings. The maximum Gasteiger partial charge on any atom is 0.223 e. The van der Waals surface area contributed by atoms with Gasteiger partial charge in [-0.05, 0) is 75.1 Å². The number of carbonyl (C=O) groups excluding carboxylic acids is 1. The summed E-state index contributed by atoms with van der Waals surface area (Å²) in [6.07, 6.45) is 4.13. The Morgan fingerprint density at radius 3 is 2.32 bits per heavy atom. The number of rotatable bonds is 7. The minimum absolute atomic E-state index is 0.0121. The summed E-state index contributed by atoms with van der Waals surface area (Å²) in [5, 5.41) is 3.62. The van der Waals surface area contributed by atoms with Crippen LogP contribution in [0.25, 0.3) is 0 Å². The third-order valence-corrected chi connectivity index (χ3v) is 6.92. The number of piperidine rings is 1. The molecule has 1 amide bonds. The molecule has 2 aromatic rings. The summed E-state index contributed by atoms with van der Waals surface area (Å²) in [5.74, 6) is -0.127. The zero-order chi connectivity index (χ0) is 21.6. The Balaban J connectivity index is 1.26. The largest absolute Gasteiger partial charge is 0.352 e. The van der Waals surface area contributed by atoms with E-state index >= 15 is 0 Å². The summed E-state index contributed by atoms with van der Waals surface area (Å²) in [4.78, 5) is 17.4. The summed E-state index contributed by atoms with van der Waals surface area (Å²) >= 11 is 6.16. The summed E-state index contributed by atoms with van der Waals surface area (Å²) in [7, 11) is 0. The molecule has 0 unspecified atom stereocenters. The predicted molar refractivity (Wildman–Crippen MR) is 122 cm³/mol. The lowest BCUT2D eigenvalue weighted by Gasteiger charge is -2.31. The van der Waals surface area contributed by atoms with Crippen LogP contribution in [0.5, 0.6) is 0 Å². The van der Waals surface area contributed by atoms with Gasteiger partial charge in [0, 0.05) is 36.1 Å². The molecule has 166 valence electrons. The van der Waals surface area contributed by atoms with Gasteiger partial charge >= 0.3 is 0 Å². The second-order valence-electron chi connectivity index (χ2n) is 8.72. The lowest BCUT2D eigenvalue weighted by molar-refractivity contribution is -0.126. The first kappa shape index (κ1) is 22.3. The van der Waals surface area contributed by atoms with E-state index < -0.39 is 0 Å². The number of carbonyl (C=O) groups is 1. The van der Waals surface area contributed by atoms with E-state index in [0.29, 0.717) is 23.7 Å². The van der Waals surface area contributed by atoms with Crippen molar-refractivity contribution in [2.75, 3.05) is 26.2 Å². The van der Waals surface area contributed by atoms with E-state index in [0.717, 1.165) is 45.6 Å². The van der Waals surface area contributed by atoms with Crippen LogP contribution < -0.4 is 5.32 Å². The van der Waals surface area contributed by atoms with Gasteiger partial charge in [0.25, 0.3) is 0 Å². The van der Waals surface area contributed by atoms with Gasteiger partial charge in [-0.2, -0.15) is 0 Å². The summed E-state index contributed by atoms with van der Waals surface area (Å²) in [6, 6.07) is 13.2. The molecule has 0 spiro atoms. The second kappa shape index (κ2) is 10.6. The molecule has 2 saturated heterocycles. The van der Waals surface area contributed by atoms with E-state index in [1.165, 1.54) is 30.0 Å². The SMILES string of the molecule is O=C(NCc1ccccc1CN1CCCC1)C1CCN(Cc2c(F)cccc2Cl)CC1. The third-order valence-electron chi connectivity index (χ3n) is 6.57. The van der Waals surface area contributed by atoms with E-state index in [1.807, 2.05) is 6.07 Å². The van der Waals surface area contributed by atoms with Crippen LogP contribution in [0.3, 0.4) is 0 Å². The fourth-order valence-corrected chi connectivity index (χ4v) is 4.88. The van der Waals surface area contributed by atoms with Gasteiger partial charge in [0.15, 0.2) is 0 Å². The van der Waals surface area contributed by atoms with Crippen LogP contribution in [-0.2, 0) is 24.4 Å². The van der Waals surface area contributed by atoms with E-state index in [2.05, 4.69) is 33.3 Å². The Kier molecular flexibility index (Phi) is 7.59. The molecule has 1 N–H and O–H groups in total. The molecule has 2 aliphatic rings. The molecule has 2 heterocycles. The summed E-state index contributed by atoms with van der Waals surface area (Å²) in [5.41, 5.74) is 3.05. The van der Waals surface area contributed by atoms with Crippen molar-refractivity contribution in [1.29, 1.82) is 0 Å². The molecule has 0 bridgehead atoms. The van der Waals surface area contributed by atoms with Gasteiger partial charge in [-0.3, -0.25) is 14.6 Å². The first-order valence-electron chi connectivity index (χ1n) is 11.3. The number of hydrogen-bond acceptors (Lipinski definition) is 3. The highest BCUT2D eigenvalue weighted by Crippen LogP contribution is 2.24. The van der Waals surface area contributed by atoms with Gasteiger partial charge in [0.05, 0.1) is 0 Å². The minimum Gasteiger partial charge on any atom is -0.352 e. The number of hydrogen-bond donors (Lipinski definition) is 1. The molecule has 0 radical (unpaired) electrons. The maximum absolute atomic E-state index is 14.1. The Bertz CT molecular complexity index is 872. The molecule has 2 aliphatic heterocycles. The molecule has 0 aromatic heterocycles. The van der Waals surface area contributed by atoms with Gasteiger partial charge in [-0.25, -0.2) is 4.39 Å². The van der Waals surface area contributed by atoms with E-state index in [4.69, 9.17) is 11.6 Å². The van der Waals surface area contributed by atoms with Crippen molar-refractivity contribution in [3.63, 3.8) is 0 Å². The molecule has 31 heavy (non-hydrogen) atoms. The van der Waals surface area contributed by atoms with E-state index in [1.54, 1.807) is 12.1 Å². The Hall–Kier alpha value is -1.95. The highest BCUT2D eigenvalue weighted by Gasteiger charge is 2.26. The fraction of sp³-hybridized carbons (Fsp3) is 0.480. The van der Waals surface area contributed by atoms with Crippen molar-refractivity contribution < 1.29 is 9.18 Å². The highest BCUT2D eigenvalue weighted by molar-refractivity contribution is 6.31. The number of amides is 1. The van der Waals surface area contributed by atoms with Gasteiger partial charge in [0.1, 0.15) is 5.82 Å². The van der Waals surface area contributed by atoms with E-state index in [9.17, 15) is 9.18 Å². The first-order valence-corrected chi connectivity index (χ1v) is 11.7. The zero-order valence-corrected chi connectivity index (χ0v) is 18.7. The fourth-order valence-electron chi connectivity index (χ4n) is 4.65. The van der Waals surface area contributed by atoms with Crippen LogP contribution in [0.2, 0.25) is 5.02 Å². The first-order chi connectivity index (χ1) is 15.1. The number of nitrogens with one attached hydrogen (secondary N) is 1. The quantitative estimate of drug-likeness (QED) is 0.679. The highest BCUT2D eigenvalue weighted by atomic mass is 35.5. The molecule has 4 rings (SSSR count). The number of likely N-dealkylation sites (tertiary alicyclic amines) is 2. The van der Waals surface area contributed by atoms with Crippen LogP contribution >= 0.6 is 11.6 Å². The molecule has 4 nitrogen and oxygen atoms in total. The lowest BCUT2D eigenvalue weighted by Crippen LogP contribution is -2.40. The molecule has 0 atom stereocenters. The topological polar surface area (TPSA) is 35.6 Å². The van der Waals surface area contributed by atoms with Crippen LogP contribution in [0.1, 0.15) is 42.4 Å². The standard InChI is InChI=1S/C25H31ClFN3O/c26-23-8-5-9-24(27)22(23)18-30-14-10-19(11-15-30)25(31)28-16-20-6-1-2-7-21(20)17-29-12-3-4-13-29/h1-2,5-9,19H,3-4,10-18H2,(H,28,31). The monoisotopic (exact) mass is 443 g/mol. The van der Waals surface area contributed by atoms with Crippen LogP contribution in [0.4, 0.5) is 4.39 Å².